The smallest absolute Gasteiger partial charge is 0.341 e. The maximum atomic E-state index is 13.3. The molecule has 0 aliphatic heterocycles. The number of esters is 1. The molecule has 0 aliphatic carbocycles. The number of ether oxygens (including phenoxy) is 1. The van der Waals surface area contributed by atoms with Gasteiger partial charge in [-0.05, 0) is 31.0 Å². The van der Waals surface area contributed by atoms with E-state index in [0.717, 1.165) is 18.4 Å². The molecular weight excluding hydrogens is 195 g/mol. The van der Waals surface area contributed by atoms with Crippen LogP contribution in [0.5, 0.6) is 0 Å². The van der Waals surface area contributed by atoms with Gasteiger partial charge in [-0.15, -0.1) is 0 Å². The molecule has 1 aromatic carbocycles. The molecule has 0 radical (unpaired) electrons. The van der Waals surface area contributed by atoms with Crippen LogP contribution in [0.2, 0.25) is 0 Å². The van der Waals surface area contributed by atoms with E-state index in [9.17, 15) is 9.18 Å². The zero-order valence-corrected chi connectivity index (χ0v) is 9.05. The van der Waals surface area contributed by atoms with E-state index < -0.39 is 11.8 Å². The normalized spacial score (nSPS) is 10.1. The summed E-state index contributed by atoms with van der Waals surface area (Å²) in [5, 5.41) is 0. The van der Waals surface area contributed by atoms with Crippen LogP contribution < -0.4 is 0 Å². The Balaban J connectivity index is 2.65. The number of aryl methyl sites for hydroxylation is 1. The first-order valence-electron chi connectivity index (χ1n) is 5.08. The van der Waals surface area contributed by atoms with Crippen molar-refractivity contribution in [1.82, 2.24) is 0 Å². The van der Waals surface area contributed by atoms with Crippen LogP contribution in [0.25, 0.3) is 0 Å². The van der Waals surface area contributed by atoms with E-state index in [1.807, 2.05) is 6.92 Å². The fourth-order valence-corrected chi connectivity index (χ4v) is 1.17. The maximum absolute atomic E-state index is 13.3. The van der Waals surface area contributed by atoms with E-state index in [2.05, 4.69) is 0 Å². The average molecular weight is 210 g/mol. The van der Waals surface area contributed by atoms with Crippen LogP contribution >= 0.6 is 0 Å². The van der Waals surface area contributed by atoms with Crippen LogP contribution in [0.4, 0.5) is 4.39 Å². The Hall–Kier alpha value is -1.38. The molecule has 1 aromatic rings. The van der Waals surface area contributed by atoms with Crippen molar-refractivity contribution in [3.63, 3.8) is 0 Å². The van der Waals surface area contributed by atoms with Crippen LogP contribution in [0.3, 0.4) is 0 Å². The molecule has 1 rings (SSSR count). The molecule has 0 saturated heterocycles. The third-order valence-corrected chi connectivity index (χ3v) is 2.08. The summed E-state index contributed by atoms with van der Waals surface area (Å²) in [5.41, 5.74) is 0.800. The van der Waals surface area contributed by atoms with Crippen molar-refractivity contribution in [2.24, 2.45) is 0 Å². The second-order valence-electron chi connectivity index (χ2n) is 3.47. The monoisotopic (exact) mass is 210 g/mol. The second kappa shape index (κ2) is 5.49. The summed E-state index contributed by atoms with van der Waals surface area (Å²) in [6.45, 7) is 4.12. The molecule has 0 amide bonds. The predicted molar refractivity (Wildman–Crippen MR) is 56.3 cm³/mol. The lowest BCUT2D eigenvalue weighted by atomic mass is 10.1. The first-order chi connectivity index (χ1) is 7.15. The minimum absolute atomic E-state index is 0.0108. The molecule has 0 unspecified atom stereocenters. The van der Waals surface area contributed by atoms with E-state index in [4.69, 9.17) is 4.74 Å². The SMILES string of the molecule is CCCCOC(=O)c1ccc(C)cc1F. The Morgan fingerprint density at radius 1 is 1.47 bits per heavy atom. The van der Waals surface area contributed by atoms with Gasteiger partial charge in [-0.1, -0.05) is 19.4 Å². The maximum Gasteiger partial charge on any atom is 0.341 e. The first kappa shape index (κ1) is 11.7. The molecule has 0 saturated carbocycles. The van der Waals surface area contributed by atoms with Crippen molar-refractivity contribution in [1.29, 1.82) is 0 Å². The fraction of sp³-hybridized carbons (Fsp3) is 0.417. The van der Waals surface area contributed by atoms with Crippen molar-refractivity contribution in [2.45, 2.75) is 26.7 Å². The van der Waals surface area contributed by atoms with E-state index in [1.54, 1.807) is 13.0 Å². The molecule has 3 heteroatoms. The molecule has 15 heavy (non-hydrogen) atoms. The zero-order chi connectivity index (χ0) is 11.3. The van der Waals surface area contributed by atoms with Gasteiger partial charge in [0.1, 0.15) is 5.82 Å². The second-order valence-corrected chi connectivity index (χ2v) is 3.47. The van der Waals surface area contributed by atoms with Gasteiger partial charge >= 0.3 is 5.97 Å². The fourth-order valence-electron chi connectivity index (χ4n) is 1.17. The number of rotatable bonds is 4. The van der Waals surface area contributed by atoms with Crippen LogP contribution in [-0.2, 0) is 4.74 Å². The first-order valence-corrected chi connectivity index (χ1v) is 5.08. The predicted octanol–water partition coefficient (Wildman–Crippen LogP) is 3.09. The summed E-state index contributed by atoms with van der Waals surface area (Å²) < 4.78 is 18.2. The summed E-state index contributed by atoms with van der Waals surface area (Å²) in [7, 11) is 0. The lowest BCUT2D eigenvalue weighted by Gasteiger charge is -2.05. The van der Waals surface area contributed by atoms with Crippen molar-refractivity contribution in [3.8, 4) is 0 Å². The minimum Gasteiger partial charge on any atom is -0.462 e. The van der Waals surface area contributed by atoms with Crippen molar-refractivity contribution < 1.29 is 13.9 Å². The quantitative estimate of drug-likeness (QED) is 0.564. The number of carbonyl (C=O) groups is 1. The summed E-state index contributed by atoms with van der Waals surface area (Å²) in [6, 6.07) is 4.48. The Morgan fingerprint density at radius 3 is 2.80 bits per heavy atom. The molecule has 0 spiro atoms. The van der Waals surface area contributed by atoms with Crippen molar-refractivity contribution >= 4 is 5.97 Å². The minimum atomic E-state index is -0.582. The number of carbonyl (C=O) groups excluding carboxylic acids is 1. The molecular formula is C12H15FO2. The molecule has 0 bridgehead atoms. The largest absolute Gasteiger partial charge is 0.462 e. The van der Waals surface area contributed by atoms with Gasteiger partial charge in [0.25, 0.3) is 0 Å². The molecule has 0 aliphatic rings. The van der Waals surface area contributed by atoms with Gasteiger partial charge in [0.05, 0.1) is 12.2 Å². The molecule has 0 N–H and O–H groups in total. The van der Waals surface area contributed by atoms with Gasteiger partial charge in [0.15, 0.2) is 0 Å². The van der Waals surface area contributed by atoms with Gasteiger partial charge in [-0.25, -0.2) is 9.18 Å². The van der Waals surface area contributed by atoms with Crippen molar-refractivity contribution in [2.75, 3.05) is 6.61 Å². The Labute approximate surface area is 89.1 Å². The molecule has 0 heterocycles. The van der Waals surface area contributed by atoms with Crippen LogP contribution in [0.1, 0.15) is 35.7 Å². The van der Waals surface area contributed by atoms with Crippen LogP contribution in [0, 0.1) is 12.7 Å². The molecule has 0 aromatic heterocycles. The number of benzene rings is 1. The third kappa shape index (κ3) is 3.35. The topological polar surface area (TPSA) is 26.3 Å². The van der Waals surface area contributed by atoms with Gasteiger partial charge in [0, 0.05) is 0 Å². The molecule has 0 fully saturated rings. The highest BCUT2D eigenvalue weighted by molar-refractivity contribution is 5.89. The van der Waals surface area contributed by atoms with E-state index in [0.29, 0.717) is 6.61 Å². The molecule has 2 nitrogen and oxygen atoms in total. The number of hydrogen-bond donors (Lipinski definition) is 0. The van der Waals surface area contributed by atoms with Gasteiger partial charge < -0.3 is 4.74 Å². The lowest BCUT2D eigenvalue weighted by molar-refractivity contribution is 0.0494. The van der Waals surface area contributed by atoms with E-state index in [-0.39, 0.29) is 5.56 Å². The highest BCUT2D eigenvalue weighted by Gasteiger charge is 2.12. The molecule has 82 valence electrons. The van der Waals surface area contributed by atoms with E-state index >= 15 is 0 Å². The lowest BCUT2D eigenvalue weighted by Crippen LogP contribution is -2.08. The van der Waals surface area contributed by atoms with Gasteiger partial charge in [-0.3, -0.25) is 0 Å². The number of unbranched alkanes of at least 4 members (excludes halogenated alkanes) is 1. The molecule has 0 atom stereocenters. The van der Waals surface area contributed by atoms with Crippen molar-refractivity contribution in [3.05, 3.63) is 35.1 Å². The zero-order valence-electron chi connectivity index (χ0n) is 9.05. The Morgan fingerprint density at radius 2 is 2.20 bits per heavy atom. The average Bonchev–Trinajstić information content (AvgIpc) is 2.17. The number of halogens is 1. The highest BCUT2D eigenvalue weighted by atomic mass is 19.1. The summed E-state index contributed by atoms with van der Waals surface area (Å²) in [4.78, 5) is 11.4. The summed E-state index contributed by atoms with van der Waals surface area (Å²) in [5.74, 6) is -1.10. The highest BCUT2D eigenvalue weighted by Crippen LogP contribution is 2.11. The van der Waals surface area contributed by atoms with Crippen LogP contribution in [-0.4, -0.2) is 12.6 Å². The standard InChI is InChI=1S/C12H15FO2/c1-3-4-7-15-12(14)10-6-5-9(2)8-11(10)13/h5-6,8H,3-4,7H2,1-2H3. The summed E-state index contributed by atoms with van der Waals surface area (Å²) in [6.07, 6.45) is 1.75. The Kier molecular flexibility index (Phi) is 4.28. The number of hydrogen-bond acceptors (Lipinski definition) is 2. The Bertz CT molecular complexity index is 347. The van der Waals surface area contributed by atoms with Gasteiger partial charge in [0.2, 0.25) is 0 Å². The third-order valence-electron chi connectivity index (χ3n) is 2.08. The van der Waals surface area contributed by atoms with E-state index in [1.165, 1.54) is 12.1 Å². The van der Waals surface area contributed by atoms with Gasteiger partial charge in [-0.2, -0.15) is 0 Å². The summed E-state index contributed by atoms with van der Waals surface area (Å²) >= 11 is 0. The van der Waals surface area contributed by atoms with Crippen LogP contribution in [0.15, 0.2) is 18.2 Å².